The minimum atomic E-state index is -0.218. The van der Waals surface area contributed by atoms with E-state index in [-0.39, 0.29) is 11.6 Å². The number of benzene rings is 1. The summed E-state index contributed by atoms with van der Waals surface area (Å²) in [4.78, 5) is 7.96. The highest BCUT2D eigenvalue weighted by atomic mass is 19.1. The van der Waals surface area contributed by atoms with Crippen LogP contribution in [0.3, 0.4) is 0 Å². The van der Waals surface area contributed by atoms with Gasteiger partial charge in [-0.3, -0.25) is 4.99 Å². The average Bonchev–Trinajstić information content (AvgIpc) is 2.35. The van der Waals surface area contributed by atoms with Crippen LogP contribution in [0.15, 0.2) is 34.5 Å². The molecule has 0 spiro atoms. The van der Waals surface area contributed by atoms with Crippen molar-refractivity contribution in [2.75, 3.05) is 7.05 Å². The first-order valence-corrected chi connectivity index (χ1v) is 6.79. The van der Waals surface area contributed by atoms with Crippen molar-refractivity contribution in [2.24, 2.45) is 15.7 Å². The molecule has 0 radical (unpaired) electrons. The smallest absolute Gasteiger partial charge is 0.135 e. The minimum Gasteiger partial charge on any atom is -0.384 e. The van der Waals surface area contributed by atoms with Crippen LogP contribution in [-0.4, -0.2) is 19.0 Å². The molecule has 106 valence electrons. The lowest BCUT2D eigenvalue weighted by atomic mass is 9.78. The van der Waals surface area contributed by atoms with E-state index in [1.165, 1.54) is 12.6 Å². The zero-order valence-corrected chi connectivity index (χ0v) is 12.0. The Morgan fingerprint density at radius 2 is 2.15 bits per heavy atom. The van der Waals surface area contributed by atoms with E-state index in [9.17, 15) is 4.39 Å². The van der Waals surface area contributed by atoms with Crippen LogP contribution in [0, 0.1) is 12.7 Å². The molecule has 1 fully saturated rings. The summed E-state index contributed by atoms with van der Waals surface area (Å²) in [6.07, 6.45) is 5.00. The molecule has 1 aromatic carbocycles. The molecular formula is C16H20FN3. The van der Waals surface area contributed by atoms with Gasteiger partial charge in [0.2, 0.25) is 0 Å². The fourth-order valence-corrected chi connectivity index (χ4v) is 2.45. The molecule has 2 rings (SSSR count). The number of nitrogens with zero attached hydrogens (tertiary/aromatic N) is 2. The zero-order valence-electron chi connectivity index (χ0n) is 12.0. The van der Waals surface area contributed by atoms with E-state index >= 15 is 0 Å². The van der Waals surface area contributed by atoms with Gasteiger partial charge < -0.3 is 5.73 Å². The van der Waals surface area contributed by atoms with Gasteiger partial charge >= 0.3 is 0 Å². The van der Waals surface area contributed by atoms with Crippen molar-refractivity contribution in [3.63, 3.8) is 0 Å². The molecule has 0 aromatic heterocycles. The van der Waals surface area contributed by atoms with E-state index in [1.54, 1.807) is 13.1 Å². The molecule has 1 aliphatic carbocycles. The summed E-state index contributed by atoms with van der Waals surface area (Å²) in [5.41, 5.74) is 8.15. The Morgan fingerprint density at radius 1 is 1.45 bits per heavy atom. The van der Waals surface area contributed by atoms with Crippen LogP contribution in [0.4, 0.5) is 4.39 Å². The van der Waals surface area contributed by atoms with Gasteiger partial charge in [0.1, 0.15) is 11.6 Å². The van der Waals surface area contributed by atoms with E-state index in [4.69, 9.17) is 5.73 Å². The molecule has 0 heterocycles. The normalized spacial score (nSPS) is 16.4. The summed E-state index contributed by atoms with van der Waals surface area (Å²) in [5, 5.41) is 0. The second-order valence-corrected chi connectivity index (χ2v) is 5.13. The van der Waals surface area contributed by atoms with E-state index < -0.39 is 0 Å². The summed E-state index contributed by atoms with van der Waals surface area (Å²) >= 11 is 0. The number of rotatable bonds is 4. The number of hydrogen-bond donors (Lipinski definition) is 1. The molecule has 1 saturated carbocycles. The van der Waals surface area contributed by atoms with Crippen LogP contribution >= 0.6 is 0 Å². The van der Waals surface area contributed by atoms with Crippen LogP contribution in [0.2, 0.25) is 0 Å². The van der Waals surface area contributed by atoms with Crippen molar-refractivity contribution in [2.45, 2.75) is 32.1 Å². The predicted octanol–water partition coefficient (Wildman–Crippen LogP) is 3.32. The van der Waals surface area contributed by atoms with Gasteiger partial charge in [-0.15, -0.1) is 0 Å². The molecular weight excluding hydrogens is 253 g/mol. The topological polar surface area (TPSA) is 50.7 Å². The van der Waals surface area contributed by atoms with Gasteiger partial charge in [0.15, 0.2) is 0 Å². The van der Waals surface area contributed by atoms with Crippen LogP contribution in [0.25, 0.3) is 0 Å². The third-order valence-corrected chi connectivity index (χ3v) is 3.84. The zero-order chi connectivity index (χ0) is 14.7. The number of hydrogen-bond acceptors (Lipinski definition) is 3. The van der Waals surface area contributed by atoms with Crippen molar-refractivity contribution < 1.29 is 4.39 Å². The Labute approximate surface area is 119 Å². The van der Waals surface area contributed by atoms with Gasteiger partial charge in [-0.25, -0.2) is 9.38 Å². The quantitative estimate of drug-likeness (QED) is 0.841. The lowest BCUT2D eigenvalue weighted by Gasteiger charge is -2.27. The van der Waals surface area contributed by atoms with Crippen LogP contribution in [0.5, 0.6) is 0 Å². The minimum absolute atomic E-state index is 0.175. The van der Waals surface area contributed by atoms with Crippen LogP contribution in [-0.2, 0) is 0 Å². The Balaban J connectivity index is 2.37. The summed E-state index contributed by atoms with van der Waals surface area (Å²) in [6, 6.07) is 3.79. The lowest BCUT2D eigenvalue weighted by Crippen LogP contribution is -2.14. The molecule has 1 aromatic rings. The van der Waals surface area contributed by atoms with Crippen molar-refractivity contribution in [3.05, 3.63) is 47.0 Å². The molecule has 0 aliphatic heterocycles. The highest BCUT2D eigenvalue weighted by Crippen LogP contribution is 2.38. The van der Waals surface area contributed by atoms with E-state index in [0.717, 1.165) is 18.4 Å². The third-order valence-electron chi connectivity index (χ3n) is 3.84. The molecule has 20 heavy (non-hydrogen) atoms. The Kier molecular flexibility index (Phi) is 4.32. The average molecular weight is 273 g/mol. The molecule has 0 bridgehead atoms. The second kappa shape index (κ2) is 5.99. The van der Waals surface area contributed by atoms with Crippen molar-refractivity contribution in [1.82, 2.24) is 0 Å². The molecule has 0 atom stereocenters. The fourth-order valence-electron chi connectivity index (χ4n) is 2.45. The summed E-state index contributed by atoms with van der Waals surface area (Å²) in [5.74, 6) is 0.469. The predicted molar refractivity (Wildman–Crippen MR) is 82.0 cm³/mol. The molecule has 4 heteroatoms. The summed E-state index contributed by atoms with van der Waals surface area (Å²) < 4.78 is 14.5. The van der Waals surface area contributed by atoms with Gasteiger partial charge in [-0.05, 0) is 42.9 Å². The standard InChI is InChI=1S/C16H20FN3/c1-10-13(12-5-4-6-12)7-8-14(16(10)17)15(19-3)9-20-11(2)18/h7-9,12H,2,4-6,18H2,1,3H3/b19-15+,20-9-. The Bertz CT molecular complexity index is 584. The van der Waals surface area contributed by atoms with Crippen LogP contribution < -0.4 is 5.73 Å². The maximum atomic E-state index is 14.5. The fraction of sp³-hybridized carbons (Fsp3) is 0.375. The van der Waals surface area contributed by atoms with Crippen molar-refractivity contribution in [1.29, 1.82) is 0 Å². The number of nitrogens with two attached hydrogens (primary N) is 1. The highest BCUT2D eigenvalue weighted by molar-refractivity contribution is 6.38. The third kappa shape index (κ3) is 2.79. The summed E-state index contributed by atoms with van der Waals surface area (Å²) in [6.45, 7) is 5.31. The molecule has 0 amide bonds. The van der Waals surface area contributed by atoms with Gasteiger partial charge in [0.05, 0.1) is 11.9 Å². The van der Waals surface area contributed by atoms with E-state index in [0.29, 0.717) is 22.8 Å². The van der Waals surface area contributed by atoms with E-state index in [1.807, 2.05) is 13.0 Å². The van der Waals surface area contributed by atoms with Crippen molar-refractivity contribution in [3.8, 4) is 0 Å². The largest absolute Gasteiger partial charge is 0.384 e. The highest BCUT2D eigenvalue weighted by Gasteiger charge is 2.23. The maximum Gasteiger partial charge on any atom is 0.135 e. The number of halogens is 1. The van der Waals surface area contributed by atoms with Gasteiger partial charge in [0, 0.05) is 12.6 Å². The van der Waals surface area contributed by atoms with Gasteiger partial charge in [-0.1, -0.05) is 19.1 Å². The molecule has 3 nitrogen and oxygen atoms in total. The molecule has 2 N–H and O–H groups in total. The SMILES string of the molecule is C=C(N)/N=C\C(=N/C)c1ccc(C2CCC2)c(C)c1F. The monoisotopic (exact) mass is 273 g/mol. The van der Waals surface area contributed by atoms with Crippen LogP contribution in [0.1, 0.15) is 41.9 Å². The Hall–Kier alpha value is -1.97. The first-order chi connectivity index (χ1) is 9.54. The number of aliphatic imine (C=N–C) groups is 2. The molecule has 1 aliphatic rings. The van der Waals surface area contributed by atoms with Gasteiger partial charge in [0.25, 0.3) is 0 Å². The summed E-state index contributed by atoms with van der Waals surface area (Å²) in [7, 11) is 1.61. The van der Waals surface area contributed by atoms with E-state index in [2.05, 4.69) is 16.6 Å². The second-order valence-electron chi connectivity index (χ2n) is 5.13. The first-order valence-electron chi connectivity index (χ1n) is 6.79. The maximum absolute atomic E-state index is 14.5. The Morgan fingerprint density at radius 3 is 2.65 bits per heavy atom. The lowest BCUT2D eigenvalue weighted by molar-refractivity contribution is 0.416. The molecule has 0 saturated heterocycles. The molecule has 0 unspecified atom stereocenters. The van der Waals surface area contributed by atoms with Gasteiger partial charge in [-0.2, -0.15) is 0 Å². The van der Waals surface area contributed by atoms with Crippen molar-refractivity contribution >= 4 is 11.9 Å². The first kappa shape index (κ1) is 14.4.